The van der Waals surface area contributed by atoms with E-state index in [4.69, 9.17) is 0 Å². The quantitative estimate of drug-likeness (QED) is 0.766. The van der Waals surface area contributed by atoms with Gasteiger partial charge in [0.15, 0.2) is 0 Å². The maximum Gasteiger partial charge on any atom is 0.216 e. The van der Waals surface area contributed by atoms with Crippen LogP contribution in [0.5, 0.6) is 5.75 Å². The number of aromatic hydroxyl groups is 1. The van der Waals surface area contributed by atoms with Crippen LogP contribution in [0, 0.1) is 0 Å². The van der Waals surface area contributed by atoms with E-state index in [-0.39, 0.29) is 11.7 Å². The smallest absolute Gasteiger partial charge is 0.216 e. The van der Waals surface area contributed by atoms with Crippen molar-refractivity contribution in [2.45, 2.75) is 13.3 Å². The number of hydrogen-bond acceptors (Lipinski definition) is 3. The van der Waals surface area contributed by atoms with Crippen molar-refractivity contribution in [1.29, 1.82) is 0 Å². The standard InChI is InChI=1S/C18H17NO2S/c1-12(20)19-10-9-15-16-11-14(21)7-8-17(16)22-18(15)13-5-3-2-4-6-13/h2-8,11,21H,9-10H2,1H3,(H,19,20). The fraction of sp³-hybridized carbons (Fsp3) is 0.167. The summed E-state index contributed by atoms with van der Waals surface area (Å²) in [6.07, 6.45) is 0.743. The van der Waals surface area contributed by atoms with Crippen molar-refractivity contribution >= 4 is 27.3 Å². The maximum atomic E-state index is 11.1. The molecule has 0 unspecified atom stereocenters. The Balaban J connectivity index is 2.07. The molecule has 3 aromatic rings. The Hall–Kier alpha value is -2.33. The van der Waals surface area contributed by atoms with E-state index in [1.165, 1.54) is 22.9 Å². The van der Waals surface area contributed by atoms with Crippen molar-refractivity contribution in [3.8, 4) is 16.2 Å². The number of carbonyl (C=O) groups excluding carboxylic acids is 1. The molecule has 0 aliphatic heterocycles. The summed E-state index contributed by atoms with van der Waals surface area (Å²) in [6.45, 7) is 2.12. The number of benzene rings is 2. The SMILES string of the molecule is CC(=O)NCCc1c(-c2ccccc2)sc2ccc(O)cc12. The van der Waals surface area contributed by atoms with Crippen LogP contribution in [-0.4, -0.2) is 17.6 Å². The molecule has 0 spiro atoms. The second kappa shape index (κ2) is 6.20. The first-order chi connectivity index (χ1) is 10.6. The van der Waals surface area contributed by atoms with E-state index < -0.39 is 0 Å². The summed E-state index contributed by atoms with van der Waals surface area (Å²) < 4.78 is 1.15. The fourth-order valence-corrected chi connectivity index (χ4v) is 3.81. The predicted molar refractivity (Wildman–Crippen MR) is 91.3 cm³/mol. The second-order valence-corrected chi connectivity index (χ2v) is 6.24. The molecule has 3 rings (SSSR count). The molecule has 1 amide bonds. The largest absolute Gasteiger partial charge is 0.508 e. The predicted octanol–water partition coefficient (Wildman–Crippen LogP) is 3.95. The molecule has 2 aromatic carbocycles. The number of hydrogen-bond donors (Lipinski definition) is 2. The van der Waals surface area contributed by atoms with Crippen LogP contribution in [0.15, 0.2) is 48.5 Å². The molecule has 0 aliphatic rings. The summed E-state index contributed by atoms with van der Waals surface area (Å²) in [5, 5.41) is 13.7. The molecule has 0 saturated heterocycles. The maximum absolute atomic E-state index is 11.1. The Labute approximate surface area is 133 Å². The van der Waals surface area contributed by atoms with E-state index in [0.717, 1.165) is 16.5 Å². The molecular formula is C18H17NO2S. The molecule has 0 fully saturated rings. The molecule has 1 heterocycles. The number of nitrogens with one attached hydrogen (secondary N) is 1. The number of phenols is 1. The zero-order chi connectivity index (χ0) is 15.5. The zero-order valence-electron chi connectivity index (χ0n) is 12.3. The van der Waals surface area contributed by atoms with Gasteiger partial charge in [-0.25, -0.2) is 0 Å². The molecule has 0 atom stereocenters. The lowest BCUT2D eigenvalue weighted by Crippen LogP contribution is -2.22. The zero-order valence-corrected chi connectivity index (χ0v) is 13.1. The third-order valence-electron chi connectivity index (χ3n) is 3.56. The summed E-state index contributed by atoms with van der Waals surface area (Å²) in [5.74, 6) is 0.245. The van der Waals surface area contributed by atoms with Crippen molar-refractivity contribution in [3.63, 3.8) is 0 Å². The van der Waals surface area contributed by atoms with Gasteiger partial charge in [-0.2, -0.15) is 0 Å². The highest BCUT2D eigenvalue weighted by atomic mass is 32.1. The van der Waals surface area contributed by atoms with Crippen molar-refractivity contribution in [2.24, 2.45) is 0 Å². The first kappa shape index (κ1) is 14.6. The van der Waals surface area contributed by atoms with Crippen molar-refractivity contribution in [2.75, 3.05) is 6.54 Å². The Morgan fingerprint density at radius 1 is 1.18 bits per heavy atom. The van der Waals surface area contributed by atoms with Crippen LogP contribution in [0.25, 0.3) is 20.5 Å². The van der Waals surface area contributed by atoms with Gasteiger partial charge in [0, 0.05) is 28.4 Å². The molecule has 0 radical (unpaired) electrons. The van der Waals surface area contributed by atoms with E-state index in [2.05, 4.69) is 17.4 Å². The lowest BCUT2D eigenvalue weighted by Gasteiger charge is -2.06. The van der Waals surface area contributed by atoms with Gasteiger partial charge in [-0.3, -0.25) is 4.79 Å². The lowest BCUT2D eigenvalue weighted by atomic mass is 10.0. The Bertz CT molecular complexity index is 809. The van der Waals surface area contributed by atoms with E-state index in [0.29, 0.717) is 6.54 Å². The molecule has 3 nitrogen and oxygen atoms in total. The minimum Gasteiger partial charge on any atom is -0.508 e. The van der Waals surface area contributed by atoms with E-state index >= 15 is 0 Å². The molecule has 22 heavy (non-hydrogen) atoms. The van der Waals surface area contributed by atoms with Crippen molar-refractivity contribution < 1.29 is 9.90 Å². The minimum atomic E-state index is -0.0244. The van der Waals surface area contributed by atoms with Gasteiger partial charge in [0.2, 0.25) is 5.91 Å². The molecular weight excluding hydrogens is 294 g/mol. The van der Waals surface area contributed by atoms with Gasteiger partial charge >= 0.3 is 0 Å². The number of amides is 1. The highest BCUT2D eigenvalue weighted by Gasteiger charge is 2.14. The van der Waals surface area contributed by atoms with Crippen LogP contribution >= 0.6 is 11.3 Å². The number of thiophene rings is 1. The summed E-state index contributed by atoms with van der Waals surface area (Å²) in [6, 6.07) is 15.7. The molecule has 0 bridgehead atoms. The highest BCUT2D eigenvalue weighted by molar-refractivity contribution is 7.22. The molecule has 1 aromatic heterocycles. The lowest BCUT2D eigenvalue weighted by molar-refractivity contribution is -0.118. The fourth-order valence-electron chi connectivity index (χ4n) is 2.57. The van der Waals surface area contributed by atoms with E-state index in [9.17, 15) is 9.90 Å². The Morgan fingerprint density at radius 3 is 2.68 bits per heavy atom. The van der Waals surface area contributed by atoms with Crippen LogP contribution in [0.2, 0.25) is 0 Å². The summed E-state index contributed by atoms with van der Waals surface area (Å²) in [5.41, 5.74) is 2.34. The summed E-state index contributed by atoms with van der Waals surface area (Å²) in [7, 11) is 0. The minimum absolute atomic E-state index is 0.0244. The molecule has 0 saturated carbocycles. The van der Waals surface area contributed by atoms with Gasteiger partial charge < -0.3 is 10.4 Å². The third kappa shape index (κ3) is 2.97. The third-order valence-corrected chi connectivity index (χ3v) is 4.82. The van der Waals surface area contributed by atoms with Gasteiger partial charge in [-0.15, -0.1) is 11.3 Å². The Morgan fingerprint density at radius 2 is 1.95 bits per heavy atom. The van der Waals surface area contributed by atoms with Gasteiger partial charge in [0.25, 0.3) is 0 Å². The average Bonchev–Trinajstić information content (AvgIpc) is 2.86. The molecule has 112 valence electrons. The van der Waals surface area contributed by atoms with Crippen LogP contribution < -0.4 is 5.32 Å². The van der Waals surface area contributed by atoms with E-state index in [1.807, 2.05) is 24.3 Å². The van der Waals surface area contributed by atoms with Gasteiger partial charge in [-0.1, -0.05) is 30.3 Å². The first-order valence-corrected chi connectivity index (χ1v) is 8.01. The Kier molecular flexibility index (Phi) is 4.11. The van der Waals surface area contributed by atoms with Crippen molar-refractivity contribution in [3.05, 3.63) is 54.1 Å². The first-order valence-electron chi connectivity index (χ1n) is 7.19. The number of rotatable bonds is 4. The van der Waals surface area contributed by atoms with E-state index in [1.54, 1.807) is 23.5 Å². The second-order valence-electron chi connectivity index (χ2n) is 5.19. The van der Waals surface area contributed by atoms with Crippen LogP contribution in [0.3, 0.4) is 0 Å². The van der Waals surface area contributed by atoms with Crippen LogP contribution in [0.4, 0.5) is 0 Å². The summed E-state index contributed by atoms with van der Waals surface area (Å²) in [4.78, 5) is 12.3. The monoisotopic (exact) mass is 311 g/mol. The van der Waals surface area contributed by atoms with Gasteiger partial charge in [0.1, 0.15) is 5.75 Å². The number of fused-ring (bicyclic) bond motifs is 1. The van der Waals surface area contributed by atoms with Crippen LogP contribution in [0.1, 0.15) is 12.5 Å². The van der Waals surface area contributed by atoms with Gasteiger partial charge in [-0.05, 0) is 35.7 Å². The summed E-state index contributed by atoms with van der Waals surface area (Å²) >= 11 is 1.72. The average molecular weight is 311 g/mol. The van der Waals surface area contributed by atoms with Crippen LogP contribution in [-0.2, 0) is 11.2 Å². The molecule has 2 N–H and O–H groups in total. The molecule has 0 aliphatic carbocycles. The topological polar surface area (TPSA) is 49.3 Å². The number of phenolic OH excluding ortho intramolecular Hbond substituents is 1. The van der Waals surface area contributed by atoms with Gasteiger partial charge in [0.05, 0.1) is 0 Å². The number of carbonyl (C=O) groups is 1. The molecule has 4 heteroatoms. The van der Waals surface area contributed by atoms with Crippen molar-refractivity contribution in [1.82, 2.24) is 5.32 Å². The normalized spacial score (nSPS) is 10.8. The highest BCUT2D eigenvalue weighted by Crippen LogP contribution is 2.40.